The fourth-order valence-corrected chi connectivity index (χ4v) is 3.39. The third-order valence-corrected chi connectivity index (χ3v) is 5.29. The number of hydrogen-bond acceptors (Lipinski definition) is 6. The van der Waals surface area contributed by atoms with E-state index in [9.17, 15) is 4.79 Å². The summed E-state index contributed by atoms with van der Waals surface area (Å²) in [5.41, 5.74) is 1.31. The Labute approximate surface area is 166 Å². The number of nitrogens with zero attached hydrogens (tertiary/aromatic N) is 4. The van der Waals surface area contributed by atoms with Crippen LogP contribution in [0.2, 0.25) is 5.15 Å². The molecule has 1 atom stereocenters. The number of benzene rings is 1. The van der Waals surface area contributed by atoms with E-state index in [4.69, 9.17) is 16.3 Å². The summed E-state index contributed by atoms with van der Waals surface area (Å²) in [6.45, 7) is 1.79. The van der Waals surface area contributed by atoms with Gasteiger partial charge in [0.05, 0.1) is 23.6 Å². The molecule has 1 N–H and O–H groups in total. The monoisotopic (exact) mass is 403 g/mol. The first kappa shape index (κ1) is 19.2. The van der Waals surface area contributed by atoms with Crippen molar-refractivity contribution in [2.24, 2.45) is 7.05 Å². The van der Waals surface area contributed by atoms with E-state index in [1.807, 2.05) is 35.9 Å². The van der Waals surface area contributed by atoms with Crippen molar-refractivity contribution in [2.45, 2.75) is 17.3 Å². The standard InChI is InChI=1S/C18H18ClN5O2S/c1-11(17(25)21-13-8-6-10-20-15(13)19)27-18-23-22-16(24(18)2)12-7-4-5-9-14(12)26-3/h4-11H,1-3H3,(H,21,25)/t11-/m1/s1. The number of methoxy groups -OCH3 is 1. The van der Waals surface area contributed by atoms with Gasteiger partial charge in [0, 0.05) is 13.2 Å². The second-order valence-corrected chi connectivity index (χ2v) is 7.32. The van der Waals surface area contributed by atoms with Crippen molar-refractivity contribution in [3.8, 4) is 17.1 Å². The molecule has 0 bridgehead atoms. The van der Waals surface area contributed by atoms with Crippen molar-refractivity contribution in [2.75, 3.05) is 12.4 Å². The summed E-state index contributed by atoms with van der Waals surface area (Å²) in [5, 5.41) is 11.7. The van der Waals surface area contributed by atoms with E-state index < -0.39 is 5.25 Å². The fourth-order valence-electron chi connectivity index (χ4n) is 2.41. The van der Waals surface area contributed by atoms with Gasteiger partial charge in [0.25, 0.3) is 0 Å². The van der Waals surface area contributed by atoms with Gasteiger partial charge in [-0.3, -0.25) is 4.79 Å². The first-order chi connectivity index (χ1) is 13.0. The molecule has 3 rings (SSSR count). The summed E-state index contributed by atoms with van der Waals surface area (Å²) < 4.78 is 7.23. The van der Waals surface area contributed by atoms with Gasteiger partial charge in [-0.15, -0.1) is 10.2 Å². The van der Waals surface area contributed by atoms with Crippen LogP contribution in [0.25, 0.3) is 11.4 Å². The molecule has 27 heavy (non-hydrogen) atoms. The van der Waals surface area contributed by atoms with Crippen LogP contribution >= 0.6 is 23.4 Å². The van der Waals surface area contributed by atoms with Crippen LogP contribution in [0, 0.1) is 0 Å². The normalized spacial score (nSPS) is 11.9. The lowest BCUT2D eigenvalue weighted by Gasteiger charge is -2.12. The van der Waals surface area contributed by atoms with Crippen molar-refractivity contribution < 1.29 is 9.53 Å². The van der Waals surface area contributed by atoms with E-state index in [2.05, 4.69) is 20.5 Å². The van der Waals surface area contributed by atoms with Crippen LogP contribution in [0.3, 0.4) is 0 Å². The molecule has 0 unspecified atom stereocenters. The number of nitrogens with one attached hydrogen (secondary N) is 1. The van der Waals surface area contributed by atoms with Crippen LogP contribution in [-0.2, 0) is 11.8 Å². The van der Waals surface area contributed by atoms with Gasteiger partial charge in [0.15, 0.2) is 16.1 Å². The van der Waals surface area contributed by atoms with E-state index in [1.54, 1.807) is 32.4 Å². The number of carbonyl (C=O) groups excluding carboxylic acids is 1. The van der Waals surface area contributed by atoms with Crippen LogP contribution in [-0.4, -0.2) is 38.0 Å². The zero-order valence-electron chi connectivity index (χ0n) is 15.0. The Balaban J connectivity index is 1.75. The molecule has 0 fully saturated rings. The van der Waals surface area contributed by atoms with Gasteiger partial charge < -0.3 is 14.6 Å². The van der Waals surface area contributed by atoms with Crippen LogP contribution in [0.15, 0.2) is 47.8 Å². The van der Waals surface area contributed by atoms with Gasteiger partial charge in [0.2, 0.25) is 5.91 Å². The summed E-state index contributed by atoms with van der Waals surface area (Å²) in [5.74, 6) is 1.18. The molecule has 2 heterocycles. The van der Waals surface area contributed by atoms with E-state index >= 15 is 0 Å². The predicted molar refractivity (Wildman–Crippen MR) is 106 cm³/mol. The van der Waals surface area contributed by atoms with Crippen molar-refractivity contribution in [3.63, 3.8) is 0 Å². The zero-order valence-corrected chi connectivity index (χ0v) is 16.6. The number of pyridine rings is 1. The van der Waals surface area contributed by atoms with Crippen LogP contribution in [0.5, 0.6) is 5.75 Å². The maximum atomic E-state index is 12.5. The number of halogens is 1. The lowest BCUT2D eigenvalue weighted by molar-refractivity contribution is -0.115. The SMILES string of the molecule is COc1ccccc1-c1nnc(S[C@H](C)C(=O)Nc2cccnc2Cl)n1C. The van der Waals surface area contributed by atoms with E-state index in [0.717, 1.165) is 5.56 Å². The zero-order chi connectivity index (χ0) is 19.4. The molecule has 0 aliphatic rings. The average Bonchev–Trinajstić information content (AvgIpc) is 3.03. The van der Waals surface area contributed by atoms with Crippen molar-refractivity contribution >= 4 is 35.0 Å². The lowest BCUT2D eigenvalue weighted by Crippen LogP contribution is -2.23. The molecule has 0 aliphatic heterocycles. The molecule has 9 heteroatoms. The number of para-hydroxylation sites is 1. The number of thioether (sulfide) groups is 1. The topological polar surface area (TPSA) is 81.9 Å². The first-order valence-electron chi connectivity index (χ1n) is 8.12. The van der Waals surface area contributed by atoms with Crippen LogP contribution in [0.1, 0.15) is 6.92 Å². The first-order valence-corrected chi connectivity index (χ1v) is 9.38. The quantitative estimate of drug-likeness (QED) is 0.499. The Morgan fingerprint density at radius 3 is 2.78 bits per heavy atom. The number of aromatic nitrogens is 4. The van der Waals surface area contributed by atoms with E-state index in [-0.39, 0.29) is 11.1 Å². The number of amides is 1. The van der Waals surface area contributed by atoms with Crippen molar-refractivity contribution in [1.29, 1.82) is 0 Å². The molecular formula is C18H18ClN5O2S. The Bertz CT molecular complexity index is 962. The summed E-state index contributed by atoms with van der Waals surface area (Å²) >= 11 is 7.29. The fraction of sp³-hybridized carbons (Fsp3) is 0.222. The van der Waals surface area contributed by atoms with Gasteiger partial charge in [-0.05, 0) is 31.2 Å². The van der Waals surface area contributed by atoms with Gasteiger partial charge in [-0.1, -0.05) is 35.5 Å². The maximum absolute atomic E-state index is 12.5. The molecule has 0 radical (unpaired) electrons. The largest absolute Gasteiger partial charge is 0.496 e. The molecule has 0 spiro atoms. The Hall–Kier alpha value is -2.58. The minimum Gasteiger partial charge on any atom is -0.496 e. The Morgan fingerprint density at radius 1 is 1.26 bits per heavy atom. The van der Waals surface area contributed by atoms with Gasteiger partial charge in [0.1, 0.15) is 5.75 Å². The highest BCUT2D eigenvalue weighted by Crippen LogP contribution is 2.31. The van der Waals surface area contributed by atoms with Gasteiger partial charge in [-0.2, -0.15) is 0 Å². The number of anilines is 1. The van der Waals surface area contributed by atoms with Crippen LogP contribution < -0.4 is 10.1 Å². The molecule has 0 saturated heterocycles. The molecule has 3 aromatic rings. The number of hydrogen-bond donors (Lipinski definition) is 1. The highest BCUT2D eigenvalue weighted by molar-refractivity contribution is 8.00. The smallest absolute Gasteiger partial charge is 0.237 e. The van der Waals surface area contributed by atoms with E-state index in [0.29, 0.717) is 22.4 Å². The lowest BCUT2D eigenvalue weighted by atomic mass is 10.2. The highest BCUT2D eigenvalue weighted by atomic mass is 35.5. The highest BCUT2D eigenvalue weighted by Gasteiger charge is 2.21. The van der Waals surface area contributed by atoms with Gasteiger partial charge in [-0.25, -0.2) is 4.98 Å². The summed E-state index contributed by atoms with van der Waals surface area (Å²) in [4.78, 5) is 16.4. The third-order valence-electron chi connectivity index (χ3n) is 3.85. The second kappa shape index (κ2) is 8.41. The molecule has 140 valence electrons. The Morgan fingerprint density at radius 2 is 2.04 bits per heavy atom. The number of carbonyl (C=O) groups is 1. The Kier molecular flexibility index (Phi) is 5.98. The molecular weight excluding hydrogens is 386 g/mol. The van der Waals surface area contributed by atoms with E-state index in [1.165, 1.54) is 11.8 Å². The number of ether oxygens (including phenoxy) is 1. The molecule has 2 aromatic heterocycles. The third kappa shape index (κ3) is 4.23. The second-order valence-electron chi connectivity index (χ2n) is 5.66. The molecule has 1 amide bonds. The van der Waals surface area contributed by atoms with Gasteiger partial charge >= 0.3 is 0 Å². The number of rotatable bonds is 6. The molecule has 0 saturated carbocycles. The average molecular weight is 404 g/mol. The minimum absolute atomic E-state index is 0.197. The minimum atomic E-state index is -0.408. The molecule has 7 nitrogen and oxygen atoms in total. The van der Waals surface area contributed by atoms with Crippen molar-refractivity contribution in [1.82, 2.24) is 19.7 Å². The molecule has 1 aromatic carbocycles. The maximum Gasteiger partial charge on any atom is 0.237 e. The molecule has 0 aliphatic carbocycles. The summed E-state index contributed by atoms with van der Waals surface area (Å²) in [6.07, 6.45) is 1.56. The van der Waals surface area contributed by atoms with Crippen LogP contribution in [0.4, 0.5) is 5.69 Å². The summed E-state index contributed by atoms with van der Waals surface area (Å²) in [7, 11) is 3.47. The van der Waals surface area contributed by atoms with Crippen molar-refractivity contribution in [3.05, 3.63) is 47.7 Å². The predicted octanol–water partition coefficient (Wildman–Crippen LogP) is 3.66. The summed E-state index contributed by atoms with van der Waals surface area (Å²) in [6, 6.07) is 11.0.